The molecular formula is C16H25ClN2O2. The summed E-state index contributed by atoms with van der Waals surface area (Å²) in [4.78, 5) is 14.1. The van der Waals surface area contributed by atoms with E-state index in [1.165, 1.54) is 0 Å². The molecule has 0 aliphatic heterocycles. The highest BCUT2D eigenvalue weighted by atomic mass is 35.5. The van der Waals surface area contributed by atoms with E-state index in [1.54, 1.807) is 4.90 Å². The molecule has 0 radical (unpaired) electrons. The minimum Gasteiger partial charge on any atom is -0.494 e. The highest BCUT2D eigenvalue weighted by molar-refractivity contribution is 5.85. The van der Waals surface area contributed by atoms with Crippen LogP contribution in [-0.2, 0) is 11.3 Å². The first-order chi connectivity index (χ1) is 9.61. The molecule has 1 fully saturated rings. The van der Waals surface area contributed by atoms with Crippen molar-refractivity contribution in [3.63, 3.8) is 0 Å². The third kappa shape index (κ3) is 4.61. The molecule has 1 aliphatic carbocycles. The van der Waals surface area contributed by atoms with E-state index in [1.807, 2.05) is 38.2 Å². The molecule has 21 heavy (non-hydrogen) atoms. The number of hydrogen-bond acceptors (Lipinski definition) is 3. The molecule has 2 unspecified atom stereocenters. The summed E-state index contributed by atoms with van der Waals surface area (Å²) >= 11 is 0. The maximum Gasteiger partial charge on any atom is 0.227 e. The van der Waals surface area contributed by atoms with Gasteiger partial charge in [-0.1, -0.05) is 18.6 Å². The van der Waals surface area contributed by atoms with Crippen molar-refractivity contribution in [3.8, 4) is 5.75 Å². The third-order valence-electron chi connectivity index (χ3n) is 3.92. The third-order valence-corrected chi connectivity index (χ3v) is 3.92. The van der Waals surface area contributed by atoms with Crippen molar-refractivity contribution in [1.29, 1.82) is 0 Å². The van der Waals surface area contributed by atoms with Crippen LogP contribution in [0.4, 0.5) is 0 Å². The van der Waals surface area contributed by atoms with Gasteiger partial charge in [-0.25, -0.2) is 0 Å². The van der Waals surface area contributed by atoms with Gasteiger partial charge in [0.25, 0.3) is 0 Å². The van der Waals surface area contributed by atoms with E-state index >= 15 is 0 Å². The average Bonchev–Trinajstić information content (AvgIpc) is 2.86. The summed E-state index contributed by atoms with van der Waals surface area (Å²) in [5.74, 6) is 1.04. The molecule has 2 N–H and O–H groups in total. The molecule has 1 saturated carbocycles. The normalized spacial score (nSPS) is 20.7. The largest absolute Gasteiger partial charge is 0.494 e. The second kappa shape index (κ2) is 8.25. The van der Waals surface area contributed by atoms with E-state index in [0.717, 1.165) is 30.6 Å². The number of rotatable bonds is 5. The van der Waals surface area contributed by atoms with Gasteiger partial charge in [0.05, 0.1) is 12.5 Å². The number of nitrogens with zero attached hydrogens (tertiary/aromatic N) is 1. The van der Waals surface area contributed by atoms with E-state index < -0.39 is 0 Å². The Hall–Kier alpha value is -1.26. The van der Waals surface area contributed by atoms with E-state index in [9.17, 15) is 4.79 Å². The molecule has 0 aromatic heterocycles. The van der Waals surface area contributed by atoms with Crippen molar-refractivity contribution < 1.29 is 9.53 Å². The van der Waals surface area contributed by atoms with Crippen LogP contribution in [0.15, 0.2) is 24.3 Å². The predicted octanol–water partition coefficient (Wildman–Crippen LogP) is 2.59. The number of amides is 1. The number of ether oxygens (including phenoxy) is 1. The Morgan fingerprint density at radius 2 is 2.00 bits per heavy atom. The molecule has 5 heteroatoms. The van der Waals surface area contributed by atoms with E-state index in [0.29, 0.717) is 13.2 Å². The molecule has 0 saturated heterocycles. The van der Waals surface area contributed by atoms with Gasteiger partial charge in [0.2, 0.25) is 5.91 Å². The summed E-state index contributed by atoms with van der Waals surface area (Å²) in [6, 6.07) is 7.93. The molecule has 118 valence electrons. The van der Waals surface area contributed by atoms with Crippen LogP contribution in [0.1, 0.15) is 31.7 Å². The number of benzene rings is 1. The lowest BCUT2D eigenvalue weighted by atomic mass is 10.0. The lowest BCUT2D eigenvalue weighted by molar-refractivity contribution is -0.134. The SMILES string of the molecule is CCOc1ccc(CN(C)C(=O)C2CCCC2N)cc1.Cl. The maximum absolute atomic E-state index is 12.4. The fourth-order valence-electron chi connectivity index (χ4n) is 2.79. The van der Waals surface area contributed by atoms with Crippen molar-refractivity contribution in [2.24, 2.45) is 11.7 Å². The van der Waals surface area contributed by atoms with E-state index in [2.05, 4.69) is 0 Å². The Bertz CT molecular complexity index is 450. The Labute approximate surface area is 133 Å². The summed E-state index contributed by atoms with van der Waals surface area (Å²) in [6.45, 7) is 3.25. The van der Waals surface area contributed by atoms with Crippen LogP contribution in [0.25, 0.3) is 0 Å². The van der Waals surface area contributed by atoms with E-state index in [-0.39, 0.29) is 30.3 Å². The summed E-state index contributed by atoms with van der Waals surface area (Å²) in [5, 5.41) is 0. The van der Waals surface area contributed by atoms with E-state index in [4.69, 9.17) is 10.5 Å². The van der Waals surface area contributed by atoms with Crippen molar-refractivity contribution in [3.05, 3.63) is 29.8 Å². The quantitative estimate of drug-likeness (QED) is 0.909. The monoisotopic (exact) mass is 312 g/mol. The molecule has 2 rings (SSSR count). The zero-order valence-corrected chi connectivity index (χ0v) is 13.6. The Morgan fingerprint density at radius 1 is 1.33 bits per heavy atom. The average molecular weight is 313 g/mol. The first kappa shape index (κ1) is 17.8. The van der Waals surface area contributed by atoms with Gasteiger partial charge in [0, 0.05) is 19.6 Å². The maximum atomic E-state index is 12.4. The summed E-state index contributed by atoms with van der Waals surface area (Å²) in [7, 11) is 1.85. The highest BCUT2D eigenvalue weighted by Gasteiger charge is 2.32. The smallest absolute Gasteiger partial charge is 0.227 e. The number of nitrogens with two attached hydrogens (primary N) is 1. The van der Waals surface area contributed by atoms with Crippen molar-refractivity contribution in [2.45, 2.75) is 38.8 Å². The Kier molecular flexibility index (Phi) is 6.99. The second-order valence-electron chi connectivity index (χ2n) is 5.47. The number of hydrogen-bond donors (Lipinski definition) is 1. The van der Waals surface area contributed by atoms with Gasteiger partial charge in [-0.3, -0.25) is 4.79 Å². The van der Waals surface area contributed by atoms with Crippen LogP contribution in [-0.4, -0.2) is 30.5 Å². The fourth-order valence-corrected chi connectivity index (χ4v) is 2.79. The summed E-state index contributed by atoms with van der Waals surface area (Å²) in [6.07, 6.45) is 2.95. The van der Waals surface area contributed by atoms with Crippen molar-refractivity contribution >= 4 is 18.3 Å². The topological polar surface area (TPSA) is 55.6 Å². The van der Waals surface area contributed by atoms with Crippen LogP contribution in [0.2, 0.25) is 0 Å². The van der Waals surface area contributed by atoms with Gasteiger partial charge in [0.1, 0.15) is 5.75 Å². The molecule has 1 aromatic carbocycles. The van der Waals surface area contributed by atoms with Gasteiger partial charge in [0.15, 0.2) is 0 Å². The second-order valence-corrected chi connectivity index (χ2v) is 5.47. The minimum absolute atomic E-state index is 0. The predicted molar refractivity (Wildman–Crippen MR) is 86.6 cm³/mol. The molecule has 2 atom stereocenters. The first-order valence-corrected chi connectivity index (χ1v) is 7.34. The van der Waals surface area contributed by atoms with Crippen LogP contribution in [0.5, 0.6) is 5.75 Å². The van der Waals surface area contributed by atoms with Crippen LogP contribution in [0, 0.1) is 5.92 Å². The standard InChI is InChI=1S/C16H24N2O2.ClH/c1-3-20-13-9-7-12(8-10-13)11-18(2)16(19)14-5-4-6-15(14)17;/h7-10,14-15H,3-6,11,17H2,1-2H3;1H. The van der Waals surface area contributed by atoms with Crippen LogP contribution >= 0.6 is 12.4 Å². The van der Waals surface area contributed by atoms with Gasteiger partial charge in [-0.05, 0) is 37.5 Å². The van der Waals surface area contributed by atoms with Crippen LogP contribution in [0.3, 0.4) is 0 Å². The molecule has 0 bridgehead atoms. The first-order valence-electron chi connectivity index (χ1n) is 7.34. The Morgan fingerprint density at radius 3 is 2.52 bits per heavy atom. The molecule has 1 aromatic rings. The van der Waals surface area contributed by atoms with Crippen LogP contribution < -0.4 is 10.5 Å². The molecule has 1 aliphatic rings. The molecular weight excluding hydrogens is 288 g/mol. The van der Waals surface area contributed by atoms with Gasteiger partial charge >= 0.3 is 0 Å². The zero-order chi connectivity index (χ0) is 14.5. The minimum atomic E-state index is 0. The van der Waals surface area contributed by atoms with Crippen molar-refractivity contribution in [1.82, 2.24) is 4.90 Å². The van der Waals surface area contributed by atoms with Crippen molar-refractivity contribution in [2.75, 3.05) is 13.7 Å². The molecule has 4 nitrogen and oxygen atoms in total. The van der Waals surface area contributed by atoms with Gasteiger partial charge < -0.3 is 15.4 Å². The highest BCUT2D eigenvalue weighted by Crippen LogP contribution is 2.26. The summed E-state index contributed by atoms with van der Waals surface area (Å²) < 4.78 is 5.41. The van der Waals surface area contributed by atoms with Gasteiger partial charge in [-0.2, -0.15) is 0 Å². The Balaban J connectivity index is 0.00000220. The van der Waals surface area contributed by atoms with Gasteiger partial charge in [-0.15, -0.1) is 12.4 Å². The summed E-state index contributed by atoms with van der Waals surface area (Å²) in [5.41, 5.74) is 7.11. The zero-order valence-electron chi connectivity index (χ0n) is 12.7. The molecule has 1 amide bonds. The lowest BCUT2D eigenvalue weighted by Gasteiger charge is -2.23. The molecule has 0 heterocycles. The molecule has 0 spiro atoms. The lowest BCUT2D eigenvalue weighted by Crippen LogP contribution is -2.39. The fraction of sp³-hybridized carbons (Fsp3) is 0.562. The number of carbonyl (C=O) groups is 1. The number of carbonyl (C=O) groups excluding carboxylic acids is 1. The number of halogens is 1.